The highest BCUT2D eigenvalue weighted by Crippen LogP contribution is 2.42. The highest BCUT2D eigenvalue weighted by atomic mass is 79.9. The first-order chi connectivity index (χ1) is 17.0. The van der Waals surface area contributed by atoms with Gasteiger partial charge in [-0.05, 0) is 60.7 Å². The van der Waals surface area contributed by atoms with Crippen LogP contribution in [0, 0.1) is 5.92 Å². The Morgan fingerprint density at radius 1 is 1.20 bits per heavy atom. The van der Waals surface area contributed by atoms with Gasteiger partial charge in [0.1, 0.15) is 5.82 Å². The van der Waals surface area contributed by atoms with Crippen molar-refractivity contribution in [3.05, 3.63) is 59.1 Å². The van der Waals surface area contributed by atoms with Crippen molar-refractivity contribution < 1.29 is 13.9 Å². The Kier molecular flexibility index (Phi) is 6.55. The number of anilines is 1. The maximum Gasteiger partial charge on any atom is 0.341 e. The second kappa shape index (κ2) is 9.77. The smallest absolute Gasteiger partial charge is 0.341 e. The molecule has 0 saturated heterocycles. The second-order valence-electron chi connectivity index (χ2n) is 8.76. The predicted octanol–water partition coefficient (Wildman–Crippen LogP) is 5.10. The van der Waals surface area contributed by atoms with Gasteiger partial charge in [-0.15, -0.1) is 0 Å². The molecular weight excluding hydrogens is 515 g/mol. The Morgan fingerprint density at radius 3 is 2.66 bits per heavy atom. The highest BCUT2D eigenvalue weighted by Gasteiger charge is 2.35. The lowest BCUT2D eigenvalue weighted by molar-refractivity contribution is -0.151. The molecule has 0 amide bonds. The normalized spacial score (nSPS) is 19.1. The Hall–Kier alpha value is -3.27. The van der Waals surface area contributed by atoms with Crippen LogP contribution in [0.3, 0.4) is 0 Å². The van der Waals surface area contributed by atoms with E-state index in [0.29, 0.717) is 41.6 Å². The van der Waals surface area contributed by atoms with E-state index in [0.717, 1.165) is 22.5 Å². The Labute approximate surface area is 210 Å². The van der Waals surface area contributed by atoms with Crippen LogP contribution in [-0.4, -0.2) is 43.1 Å². The topological polar surface area (TPSA) is 100 Å². The molecule has 0 bridgehead atoms. The van der Waals surface area contributed by atoms with Crippen LogP contribution in [0.25, 0.3) is 22.5 Å². The van der Waals surface area contributed by atoms with Gasteiger partial charge in [-0.2, -0.15) is 14.7 Å². The molecule has 1 saturated carbocycles. The highest BCUT2D eigenvalue weighted by molar-refractivity contribution is 9.10. The van der Waals surface area contributed by atoms with E-state index in [2.05, 4.69) is 26.1 Å². The lowest BCUT2D eigenvalue weighted by Crippen LogP contribution is -2.30. The van der Waals surface area contributed by atoms with Gasteiger partial charge in [-0.1, -0.05) is 18.2 Å². The minimum atomic E-state index is -1.58. The fourth-order valence-corrected chi connectivity index (χ4v) is 5.35. The van der Waals surface area contributed by atoms with Crippen molar-refractivity contribution in [3.63, 3.8) is 0 Å². The van der Waals surface area contributed by atoms with Gasteiger partial charge < -0.3 is 10.5 Å². The average molecular weight is 541 g/mol. The van der Waals surface area contributed by atoms with Crippen LogP contribution in [0.5, 0.6) is 0 Å². The first-order valence-electron chi connectivity index (χ1n) is 11.7. The lowest BCUT2D eigenvalue weighted by Gasteiger charge is -2.30. The zero-order valence-electron chi connectivity index (χ0n) is 19.3. The summed E-state index contributed by atoms with van der Waals surface area (Å²) < 4.78 is 23.5. The van der Waals surface area contributed by atoms with Crippen LogP contribution in [0.15, 0.2) is 53.4 Å². The number of rotatable bonds is 6. The number of carbonyl (C=O) groups is 1. The van der Waals surface area contributed by atoms with Crippen molar-refractivity contribution in [2.75, 3.05) is 12.3 Å². The predicted molar refractivity (Wildman–Crippen MR) is 134 cm³/mol. The average Bonchev–Trinajstić information content (AvgIpc) is 3.54. The summed E-state index contributed by atoms with van der Waals surface area (Å²) >= 11 is 3.61. The van der Waals surface area contributed by atoms with Crippen LogP contribution < -0.4 is 5.73 Å². The van der Waals surface area contributed by atoms with Gasteiger partial charge in [-0.3, -0.25) is 0 Å². The zero-order chi connectivity index (χ0) is 24.5. The third kappa shape index (κ3) is 4.42. The van der Waals surface area contributed by atoms with Gasteiger partial charge in [0.05, 0.1) is 34.9 Å². The number of carbonyl (C=O) groups excluding carboxylic acids is 1. The first-order valence-corrected chi connectivity index (χ1v) is 12.5. The van der Waals surface area contributed by atoms with Crippen LogP contribution in [-0.2, 0) is 9.53 Å². The van der Waals surface area contributed by atoms with E-state index in [1.807, 2.05) is 36.5 Å². The molecule has 1 fully saturated rings. The summed E-state index contributed by atoms with van der Waals surface area (Å²) in [6.45, 7) is 1.87. The number of alkyl halides is 1. The summed E-state index contributed by atoms with van der Waals surface area (Å²) in [5.74, 6) is -0.541. The summed E-state index contributed by atoms with van der Waals surface area (Å²) in [5, 5.41) is 8.95. The molecule has 0 spiro atoms. The number of hydrogen-bond donors (Lipinski definition) is 1. The van der Waals surface area contributed by atoms with Crippen LogP contribution >= 0.6 is 15.9 Å². The van der Waals surface area contributed by atoms with Gasteiger partial charge in [-0.25, -0.2) is 18.9 Å². The van der Waals surface area contributed by atoms with E-state index in [1.54, 1.807) is 28.5 Å². The fraction of sp³-hybridized carbons (Fsp3) is 0.360. The molecule has 10 heteroatoms. The summed E-state index contributed by atoms with van der Waals surface area (Å²) in [4.78, 5) is 16.8. The largest absolute Gasteiger partial charge is 0.464 e. The monoisotopic (exact) mass is 540 g/mol. The number of nitrogen functional groups attached to an aromatic ring is 1. The molecule has 1 aliphatic carbocycles. The van der Waals surface area contributed by atoms with Crippen LogP contribution in [0.1, 0.15) is 44.2 Å². The van der Waals surface area contributed by atoms with Crippen molar-refractivity contribution in [2.45, 2.75) is 44.7 Å². The third-order valence-electron chi connectivity index (χ3n) is 6.65. The van der Waals surface area contributed by atoms with Crippen molar-refractivity contribution in [3.8, 4) is 16.8 Å². The number of hydrogen-bond acceptors (Lipinski definition) is 6. The molecule has 35 heavy (non-hydrogen) atoms. The molecule has 182 valence electrons. The molecule has 8 nitrogen and oxygen atoms in total. The Morgan fingerprint density at radius 2 is 1.94 bits per heavy atom. The number of fused-ring (bicyclic) bond motifs is 1. The maximum atomic E-state index is 14.5. The maximum absolute atomic E-state index is 14.5. The number of aromatic nitrogens is 5. The van der Waals surface area contributed by atoms with E-state index in [1.165, 1.54) is 0 Å². The van der Waals surface area contributed by atoms with Crippen molar-refractivity contribution in [2.24, 2.45) is 5.92 Å². The van der Waals surface area contributed by atoms with Crippen LogP contribution in [0.4, 0.5) is 10.2 Å². The van der Waals surface area contributed by atoms with Crippen molar-refractivity contribution >= 4 is 33.4 Å². The van der Waals surface area contributed by atoms with Gasteiger partial charge in [0.25, 0.3) is 0 Å². The molecule has 3 heterocycles. The quantitative estimate of drug-likeness (QED) is 0.341. The van der Waals surface area contributed by atoms with E-state index < -0.39 is 12.1 Å². The van der Waals surface area contributed by atoms with Crippen LogP contribution in [0.2, 0.25) is 0 Å². The molecule has 5 rings (SSSR count). The van der Waals surface area contributed by atoms with E-state index >= 15 is 0 Å². The van der Waals surface area contributed by atoms with Gasteiger partial charge in [0, 0.05) is 29.2 Å². The SMILES string of the molecule is CCOC(=O)C(F)[C@H]1CC[C@@H](c2nc3c(-c4cnn(-c5ccccc5)c4)cnn3c(N)c2Br)CC1. The second-order valence-corrected chi connectivity index (χ2v) is 9.56. The lowest BCUT2D eigenvalue weighted by atomic mass is 9.78. The Balaban J connectivity index is 1.42. The molecule has 0 radical (unpaired) electrons. The number of benzene rings is 1. The van der Waals surface area contributed by atoms with Crippen molar-refractivity contribution in [1.82, 2.24) is 24.4 Å². The number of para-hydroxylation sites is 1. The van der Waals surface area contributed by atoms with Gasteiger partial charge >= 0.3 is 5.97 Å². The summed E-state index contributed by atoms with van der Waals surface area (Å²) in [6.07, 6.45) is 6.47. The summed E-state index contributed by atoms with van der Waals surface area (Å²) in [5.41, 5.74) is 10.6. The summed E-state index contributed by atoms with van der Waals surface area (Å²) in [6, 6.07) is 9.86. The molecule has 1 aromatic carbocycles. The number of esters is 1. The minimum absolute atomic E-state index is 0.0945. The number of nitrogens with two attached hydrogens (primary N) is 1. The zero-order valence-corrected chi connectivity index (χ0v) is 20.9. The molecule has 3 aromatic heterocycles. The molecule has 1 atom stereocenters. The van der Waals surface area contributed by atoms with E-state index in [4.69, 9.17) is 15.5 Å². The molecule has 1 aliphatic rings. The standard InChI is InChI=1S/C25H26BrFN6O2/c1-2-35-25(34)21(27)15-8-10-16(11-9-15)22-20(26)23(28)33-24(31-22)19(13-30-33)17-12-29-32(14-17)18-6-4-3-5-7-18/h3-7,12-16,21H,2,8-11,28H2,1H3/t15-,16+,21?. The fourth-order valence-electron chi connectivity index (χ4n) is 4.77. The third-order valence-corrected chi connectivity index (χ3v) is 7.46. The summed E-state index contributed by atoms with van der Waals surface area (Å²) in [7, 11) is 0. The molecule has 1 unspecified atom stereocenters. The number of ether oxygens (including phenoxy) is 1. The number of nitrogens with zero attached hydrogens (tertiary/aromatic N) is 5. The van der Waals surface area contributed by atoms with Gasteiger partial charge in [0.2, 0.25) is 0 Å². The van der Waals surface area contributed by atoms with E-state index in [-0.39, 0.29) is 18.4 Å². The van der Waals surface area contributed by atoms with Crippen molar-refractivity contribution in [1.29, 1.82) is 0 Å². The number of halogens is 2. The molecule has 2 N–H and O–H groups in total. The molecular formula is C25H26BrFN6O2. The van der Waals surface area contributed by atoms with E-state index in [9.17, 15) is 9.18 Å². The minimum Gasteiger partial charge on any atom is -0.464 e. The molecule has 0 aliphatic heterocycles. The molecule has 4 aromatic rings. The first kappa shape index (κ1) is 23.5. The van der Waals surface area contributed by atoms with Gasteiger partial charge in [0.15, 0.2) is 11.8 Å². The Bertz CT molecular complexity index is 1350.